The molecule has 1 atom stereocenters. The summed E-state index contributed by atoms with van der Waals surface area (Å²) < 4.78 is 14.7. The van der Waals surface area contributed by atoms with Gasteiger partial charge in [0, 0.05) is 18.0 Å². The summed E-state index contributed by atoms with van der Waals surface area (Å²) in [6.45, 7) is 1.86. The van der Waals surface area contributed by atoms with Gasteiger partial charge in [0.25, 0.3) is 5.91 Å². The number of rotatable bonds is 4. The number of aromatic nitrogens is 2. The van der Waals surface area contributed by atoms with Gasteiger partial charge in [-0.25, -0.2) is 9.07 Å². The van der Waals surface area contributed by atoms with E-state index in [9.17, 15) is 9.18 Å². The highest BCUT2D eigenvalue weighted by molar-refractivity contribution is 5.94. The van der Waals surface area contributed by atoms with Crippen molar-refractivity contribution in [2.75, 3.05) is 0 Å². The molecule has 3 rings (SSSR count). The van der Waals surface area contributed by atoms with Crippen LogP contribution in [0.5, 0.6) is 0 Å². The van der Waals surface area contributed by atoms with Gasteiger partial charge in [0.1, 0.15) is 5.82 Å². The fraction of sp³-hybridized carbons (Fsp3) is 0.111. The molecule has 0 aliphatic carbocycles. The highest BCUT2D eigenvalue weighted by Crippen LogP contribution is 2.14. The van der Waals surface area contributed by atoms with Crippen LogP contribution in [0.15, 0.2) is 67.0 Å². The fourth-order valence-electron chi connectivity index (χ4n) is 2.30. The molecule has 0 aliphatic heterocycles. The van der Waals surface area contributed by atoms with Crippen LogP contribution in [0.2, 0.25) is 0 Å². The Hall–Kier alpha value is -2.95. The number of hydrogen-bond donors (Lipinski definition) is 1. The molecule has 23 heavy (non-hydrogen) atoms. The van der Waals surface area contributed by atoms with Gasteiger partial charge in [-0.1, -0.05) is 12.1 Å². The Balaban J connectivity index is 1.69. The molecule has 1 aromatic heterocycles. The number of carbonyl (C=O) groups is 1. The zero-order chi connectivity index (χ0) is 16.2. The largest absolute Gasteiger partial charge is 0.346 e. The lowest BCUT2D eigenvalue weighted by molar-refractivity contribution is 0.0940. The highest BCUT2D eigenvalue weighted by Gasteiger charge is 2.11. The molecule has 5 heteroatoms. The van der Waals surface area contributed by atoms with Crippen molar-refractivity contribution in [3.05, 3.63) is 83.9 Å². The van der Waals surface area contributed by atoms with E-state index in [1.165, 1.54) is 12.1 Å². The summed E-state index contributed by atoms with van der Waals surface area (Å²) in [5.74, 6) is -0.463. The number of halogens is 1. The normalized spacial score (nSPS) is 11.9. The lowest BCUT2D eigenvalue weighted by atomic mass is 10.1. The Labute approximate surface area is 133 Å². The van der Waals surface area contributed by atoms with E-state index in [0.717, 1.165) is 11.3 Å². The maximum absolute atomic E-state index is 12.9. The van der Waals surface area contributed by atoms with Crippen LogP contribution in [0.1, 0.15) is 28.9 Å². The van der Waals surface area contributed by atoms with Crippen molar-refractivity contribution >= 4 is 5.91 Å². The van der Waals surface area contributed by atoms with Gasteiger partial charge in [-0.2, -0.15) is 5.10 Å². The summed E-state index contributed by atoms with van der Waals surface area (Å²) in [7, 11) is 0. The minimum atomic E-state index is -0.290. The van der Waals surface area contributed by atoms with Crippen LogP contribution in [-0.4, -0.2) is 15.7 Å². The van der Waals surface area contributed by atoms with Crippen LogP contribution in [0.4, 0.5) is 4.39 Å². The van der Waals surface area contributed by atoms with E-state index in [2.05, 4.69) is 10.4 Å². The van der Waals surface area contributed by atoms with Crippen LogP contribution >= 0.6 is 0 Å². The number of nitrogens with one attached hydrogen (secondary N) is 1. The average molecular weight is 309 g/mol. The molecular weight excluding hydrogens is 293 g/mol. The molecule has 1 heterocycles. The maximum atomic E-state index is 12.9. The number of nitrogens with zero attached hydrogens (tertiary/aromatic N) is 2. The molecular formula is C18H16FN3O. The maximum Gasteiger partial charge on any atom is 0.251 e. The molecule has 1 unspecified atom stereocenters. The predicted molar refractivity (Wildman–Crippen MR) is 85.8 cm³/mol. The first kappa shape index (κ1) is 15.0. The standard InChI is InChI=1S/C18H16FN3O/c1-13(14-3-7-16(19)8-4-14)21-18(23)15-5-9-17(10-6-15)22-12-2-11-20-22/h2-13H,1H3,(H,21,23). The Morgan fingerprint density at radius 1 is 1.13 bits per heavy atom. The second-order valence-corrected chi connectivity index (χ2v) is 5.24. The fourth-order valence-corrected chi connectivity index (χ4v) is 2.30. The minimum Gasteiger partial charge on any atom is -0.346 e. The van der Waals surface area contributed by atoms with Crippen LogP contribution in [-0.2, 0) is 0 Å². The van der Waals surface area contributed by atoms with Gasteiger partial charge in [0.15, 0.2) is 0 Å². The molecule has 2 aromatic carbocycles. The molecule has 0 bridgehead atoms. The molecule has 1 N–H and O–H groups in total. The molecule has 0 saturated heterocycles. The van der Waals surface area contributed by atoms with Gasteiger partial charge in [-0.3, -0.25) is 4.79 Å². The molecule has 3 aromatic rings. The molecule has 0 aliphatic rings. The molecule has 116 valence electrons. The Bertz CT molecular complexity index is 780. The predicted octanol–water partition coefficient (Wildman–Crippen LogP) is 3.50. The van der Waals surface area contributed by atoms with Gasteiger partial charge < -0.3 is 5.32 Å². The minimum absolute atomic E-state index is 0.172. The summed E-state index contributed by atoms with van der Waals surface area (Å²) in [4.78, 5) is 12.3. The molecule has 0 fully saturated rings. The van der Waals surface area contributed by atoms with E-state index >= 15 is 0 Å². The first-order valence-corrected chi connectivity index (χ1v) is 7.30. The first-order chi connectivity index (χ1) is 11.1. The second kappa shape index (κ2) is 6.44. The number of carbonyl (C=O) groups excluding carboxylic acids is 1. The number of hydrogen-bond acceptors (Lipinski definition) is 2. The van der Waals surface area contributed by atoms with Gasteiger partial charge in [-0.05, 0) is 55.0 Å². The third kappa shape index (κ3) is 3.45. The van der Waals surface area contributed by atoms with E-state index in [1.807, 2.05) is 31.3 Å². The monoisotopic (exact) mass is 309 g/mol. The summed E-state index contributed by atoms with van der Waals surface area (Å²) in [6.07, 6.45) is 3.54. The molecule has 0 radical (unpaired) electrons. The number of benzene rings is 2. The molecule has 0 spiro atoms. The zero-order valence-electron chi connectivity index (χ0n) is 12.6. The summed E-state index contributed by atoms with van der Waals surface area (Å²) in [5.41, 5.74) is 2.31. The lowest BCUT2D eigenvalue weighted by Crippen LogP contribution is -2.26. The first-order valence-electron chi connectivity index (χ1n) is 7.30. The van der Waals surface area contributed by atoms with Gasteiger partial charge in [0.05, 0.1) is 11.7 Å². The molecule has 4 nitrogen and oxygen atoms in total. The van der Waals surface area contributed by atoms with Crippen molar-refractivity contribution in [3.8, 4) is 5.69 Å². The van der Waals surface area contributed by atoms with Crippen LogP contribution < -0.4 is 5.32 Å². The summed E-state index contributed by atoms with van der Waals surface area (Å²) in [6, 6.07) is 14.9. The van der Waals surface area contributed by atoms with Crippen molar-refractivity contribution in [1.82, 2.24) is 15.1 Å². The van der Waals surface area contributed by atoms with Gasteiger partial charge >= 0.3 is 0 Å². The van der Waals surface area contributed by atoms with Crippen LogP contribution in [0.25, 0.3) is 5.69 Å². The van der Waals surface area contributed by atoms with E-state index in [1.54, 1.807) is 35.1 Å². The van der Waals surface area contributed by atoms with Crippen molar-refractivity contribution in [1.29, 1.82) is 0 Å². The van der Waals surface area contributed by atoms with Crippen LogP contribution in [0.3, 0.4) is 0 Å². The Morgan fingerprint density at radius 3 is 2.43 bits per heavy atom. The quantitative estimate of drug-likeness (QED) is 0.802. The zero-order valence-corrected chi connectivity index (χ0v) is 12.6. The van der Waals surface area contributed by atoms with E-state index in [0.29, 0.717) is 5.56 Å². The van der Waals surface area contributed by atoms with E-state index < -0.39 is 0 Å². The highest BCUT2D eigenvalue weighted by atomic mass is 19.1. The summed E-state index contributed by atoms with van der Waals surface area (Å²) in [5, 5.41) is 7.04. The topological polar surface area (TPSA) is 46.9 Å². The number of amides is 1. The van der Waals surface area contributed by atoms with E-state index in [-0.39, 0.29) is 17.8 Å². The Morgan fingerprint density at radius 2 is 1.83 bits per heavy atom. The Kier molecular flexibility index (Phi) is 4.19. The average Bonchev–Trinajstić information content (AvgIpc) is 3.10. The third-order valence-electron chi connectivity index (χ3n) is 3.62. The van der Waals surface area contributed by atoms with E-state index in [4.69, 9.17) is 0 Å². The lowest BCUT2D eigenvalue weighted by Gasteiger charge is -2.14. The van der Waals surface area contributed by atoms with Gasteiger partial charge in [0.2, 0.25) is 0 Å². The van der Waals surface area contributed by atoms with Crippen LogP contribution in [0, 0.1) is 5.82 Å². The van der Waals surface area contributed by atoms with Crippen molar-refractivity contribution < 1.29 is 9.18 Å². The second-order valence-electron chi connectivity index (χ2n) is 5.24. The van der Waals surface area contributed by atoms with Gasteiger partial charge in [-0.15, -0.1) is 0 Å². The third-order valence-corrected chi connectivity index (χ3v) is 3.62. The molecule has 0 saturated carbocycles. The van der Waals surface area contributed by atoms with Crippen molar-refractivity contribution in [2.24, 2.45) is 0 Å². The van der Waals surface area contributed by atoms with Crippen molar-refractivity contribution in [3.63, 3.8) is 0 Å². The van der Waals surface area contributed by atoms with Crippen molar-refractivity contribution in [2.45, 2.75) is 13.0 Å². The summed E-state index contributed by atoms with van der Waals surface area (Å²) >= 11 is 0. The smallest absolute Gasteiger partial charge is 0.251 e. The molecule has 1 amide bonds. The SMILES string of the molecule is CC(NC(=O)c1ccc(-n2cccn2)cc1)c1ccc(F)cc1.